The second-order valence-corrected chi connectivity index (χ2v) is 8.01. The van der Waals surface area contributed by atoms with Crippen LogP contribution in [-0.2, 0) is 11.3 Å². The van der Waals surface area contributed by atoms with Crippen LogP contribution in [0.5, 0.6) is 0 Å². The van der Waals surface area contributed by atoms with Gasteiger partial charge in [-0.25, -0.2) is 9.78 Å². The fourth-order valence-corrected chi connectivity index (χ4v) is 4.48. The topological polar surface area (TPSA) is 104 Å². The van der Waals surface area contributed by atoms with Gasteiger partial charge in [0.2, 0.25) is 0 Å². The zero-order chi connectivity index (χ0) is 19.7. The highest BCUT2D eigenvalue weighted by Crippen LogP contribution is 2.29. The van der Waals surface area contributed by atoms with E-state index >= 15 is 0 Å². The zero-order valence-electron chi connectivity index (χ0n) is 15.2. The first-order valence-corrected chi connectivity index (χ1v) is 9.65. The van der Waals surface area contributed by atoms with Gasteiger partial charge in [-0.05, 0) is 38.0 Å². The Labute approximate surface area is 162 Å². The molecule has 3 rings (SSSR count). The molecule has 0 aliphatic heterocycles. The standard InChI is InChI=1S/C17H18N4O4S2/c1-8-11-14(22)19-10(7-21(2)3)20-16(11)27-12(8)15(23)18-9-5-6-26-13(9)17(24)25-4/h5-6H,7H2,1-4H3,(H,18,23)(H,19,20,22). The lowest BCUT2D eigenvalue weighted by Crippen LogP contribution is -2.18. The van der Waals surface area contributed by atoms with Crippen molar-refractivity contribution in [2.45, 2.75) is 13.5 Å². The van der Waals surface area contributed by atoms with Crippen molar-refractivity contribution in [2.24, 2.45) is 0 Å². The summed E-state index contributed by atoms with van der Waals surface area (Å²) in [7, 11) is 5.04. The third kappa shape index (κ3) is 3.77. The average Bonchev–Trinajstić information content (AvgIpc) is 3.18. The summed E-state index contributed by atoms with van der Waals surface area (Å²) in [5, 5.41) is 4.83. The summed E-state index contributed by atoms with van der Waals surface area (Å²) in [5.74, 6) is -0.371. The number of H-pyrrole nitrogens is 1. The molecule has 0 spiro atoms. The number of rotatable bonds is 5. The largest absolute Gasteiger partial charge is 0.465 e. The number of anilines is 1. The number of aryl methyl sites for hydroxylation is 1. The molecule has 27 heavy (non-hydrogen) atoms. The Hall–Kier alpha value is -2.56. The van der Waals surface area contributed by atoms with Crippen molar-refractivity contribution >= 4 is 50.5 Å². The molecule has 8 nitrogen and oxygen atoms in total. The Bertz CT molecular complexity index is 1080. The summed E-state index contributed by atoms with van der Waals surface area (Å²) in [6.45, 7) is 2.20. The van der Waals surface area contributed by atoms with Gasteiger partial charge >= 0.3 is 5.97 Å². The van der Waals surface area contributed by atoms with Crippen LogP contribution < -0.4 is 10.9 Å². The number of ether oxygens (including phenoxy) is 1. The van der Waals surface area contributed by atoms with Gasteiger partial charge in [0.1, 0.15) is 15.5 Å². The van der Waals surface area contributed by atoms with E-state index < -0.39 is 11.9 Å². The molecule has 0 bridgehead atoms. The van der Waals surface area contributed by atoms with Gasteiger partial charge in [-0.3, -0.25) is 9.59 Å². The van der Waals surface area contributed by atoms with Crippen molar-refractivity contribution in [1.29, 1.82) is 0 Å². The maximum absolute atomic E-state index is 12.7. The number of aromatic nitrogens is 2. The van der Waals surface area contributed by atoms with Gasteiger partial charge in [-0.15, -0.1) is 22.7 Å². The second kappa shape index (κ2) is 7.59. The van der Waals surface area contributed by atoms with E-state index in [4.69, 9.17) is 4.74 Å². The monoisotopic (exact) mass is 406 g/mol. The fraction of sp³-hybridized carbons (Fsp3) is 0.294. The van der Waals surface area contributed by atoms with Crippen molar-refractivity contribution in [2.75, 3.05) is 26.5 Å². The van der Waals surface area contributed by atoms with Crippen LogP contribution in [0.2, 0.25) is 0 Å². The Kier molecular flexibility index (Phi) is 5.40. The van der Waals surface area contributed by atoms with Crippen LogP contribution >= 0.6 is 22.7 Å². The van der Waals surface area contributed by atoms with Crippen LogP contribution in [0, 0.1) is 6.92 Å². The van der Waals surface area contributed by atoms with E-state index in [1.54, 1.807) is 18.4 Å². The molecule has 0 aliphatic carbocycles. The molecule has 1 amide bonds. The summed E-state index contributed by atoms with van der Waals surface area (Å²) in [6.07, 6.45) is 0. The number of hydrogen-bond acceptors (Lipinski definition) is 8. The van der Waals surface area contributed by atoms with Gasteiger partial charge < -0.3 is 19.9 Å². The molecule has 0 radical (unpaired) electrons. The number of nitrogens with zero attached hydrogens (tertiary/aromatic N) is 2. The van der Waals surface area contributed by atoms with Crippen molar-refractivity contribution < 1.29 is 14.3 Å². The molecule has 0 unspecified atom stereocenters. The van der Waals surface area contributed by atoms with Crippen LogP contribution in [-0.4, -0.2) is 47.9 Å². The number of hydrogen-bond donors (Lipinski definition) is 2. The number of nitrogens with one attached hydrogen (secondary N) is 2. The summed E-state index contributed by atoms with van der Waals surface area (Å²) < 4.78 is 4.72. The smallest absolute Gasteiger partial charge is 0.350 e. The second-order valence-electron chi connectivity index (χ2n) is 6.10. The number of esters is 1. The Morgan fingerprint density at radius 1 is 1.33 bits per heavy atom. The lowest BCUT2D eigenvalue weighted by Gasteiger charge is -2.07. The Balaban J connectivity index is 1.97. The molecule has 0 saturated heterocycles. The summed E-state index contributed by atoms with van der Waals surface area (Å²) in [5.41, 5.74) is 0.673. The third-order valence-corrected chi connectivity index (χ3v) is 5.88. The van der Waals surface area contributed by atoms with Crippen LogP contribution in [0.4, 0.5) is 5.69 Å². The summed E-state index contributed by atoms with van der Waals surface area (Å²) in [6, 6.07) is 1.64. The minimum atomic E-state index is -0.514. The molecule has 0 aromatic carbocycles. The Morgan fingerprint density at radius 2 is 2.07 bits per heavy atom. The predicted octanol–water partition coefficient (Wildman–Crippen LogP) is 2.46. The van der Waals surface area contributed by atoms with Gasteiger partial charge in [0.25, 0.3) is 11.5 Å². The van der Waals surface area contributed by atoms with E-state index in [1.165, 1.54) is 18.4 Å². The van der Waals surface area contributed by atoms with Gasteiger partial charge in [-0.1, -0.05) is 0 Å². The number of aromatic amines is 1. The predicted molar refractivity (Wildman–Crippen MR) is 106 cm³/mol. The molecule has 0 saturated carbocycles. The van der Waals surface area contributed by atoms with Gasteiger partial charge in [0.15, 0.2) is 0 Å². The van der Waals surface area contributed by atoms with Crippen LogP contribution in [0.25, 0.3) is 10.2 Å². The number of fused-ring (bicyclic) bond motifs is 1. The van der Waals surface area contributed by atoms with E-state index in [0.29, 0.717) is 43.6 Å². The lowest BCUT2D eigenvalue weighted by molar-refractivity contribution is 0.0607. The normalized spacial score (nSPS) is 11.1. The molecule has 0 atom stereocenters. The van der Waals surface area contributed by atoms with Crippen LogP contribution in [0.1, 0.15) is 30.7 Å². The van der Waals surface area contributed by atoms with E-state index in [-0.39, 0.29) is 5.56 Å². The highest BCUT2D eigenvalue weighted by molar-refractivity contribution is 7.20. The van der Waals surface area contributed by atoms with E-state index in [0.717, 1.165) is 11.3 Å². The van der Waals surface area contributed by atoms with E-state index in [2.05, 4.69) is 15.3 Å². The highest BCUT2D eigenvalue weighted by Gasteiger charge is 2.22. The lowest BCUT2D eigenvalue weighted by atomic mass is 10.2. The molecular weight excluding hydrogens is 388 g/mol. The minimum absolute atomic E-state index is 0.268. The Morgan fingerprint density at radius 3 is 2.74 bits per heavy atom. The quantitative estimate of drug-likeness (QED) is 0.631. The first-order chi connectivity index (χ1) is 12.8. The van der Waals surface area contributed by atoms with Gasteiger partial charge in [-0.2, -0.15) is 0 Å². The number of amides is 1. The maximum atomic E-state index is 12.7. The molecule has 3 aromatic rings. The van der Waals surface area contributed by atoms with Gasteiger partial charge in [0, 0.05) is 0 Å². The molecular formula is C17H18N4O4S2. The SMILES string of the molecule is COC(=O)c1sccc1NC(=O)c1sc2nc(CN(C)C)[nH]c(=O)c2c1C. The third-order valence-electron chi connectivity index (χ3n) is 3.81. The first-order valence-electron chi connectivity index (χ1n) is 7.96. The van der Waals surface area contributed by atoms with Crippen LogP contribution in [0.15, 0.2) is 16.2 Å². The molecule has 0 fully saturated rings. The molecule has 142 valence electrons. The van der Waals surface area contributed by atoms with Crippen molar-refractivity contribution in [3.8, 4) is 0 Å². The number of thiophene rings is 2. The number of carbonyl (C=O) groups excluding carboxylic acids is 2. The van der Waals surface area contributed by atoms with Crippen LogP contribution in [0.3, 0.4) is 0 Å². The highest BCUT2D eigenvalue weighted by atomic mass is 32.1. The molecule has 10 heteroatoms. The van der Waals surface area contributed by atoms with Crippen molar-refractivity contribution in [3.05, 3.63) is 42.9 Å². The first kappa shape index (κ1) is 19.2. The fourth-order valence-electron chi connectivity index (χ4n) is 2.62. The summed E-state index contributed by atoms with van der Waals surface area (Å²) in [4.78, 5) is 47.3. The van der Waals surface area contributed by atoms with Crippen molar-refractivity contribution in [1.82, 2.24) is 14.9 Å². The number of methoxy groups -OCH3 is 1. The number of carbonyl (C=O) groups is 2. The molecule has 3 heterocycles. The maximum Gasteiger partial charge on any atom is 0.350 e. The zero-order valence-corrected chi connectivity index (χ0v) is 16.8. The molecule has 2 N–H and O–H groups in total. The molecule has 0 aliphatic rings. The van der Waals surface area contributed by atoms with Gasteiger partial charge in [0.05, 0.1) is 29.6 Å². The molecule has 3 aromatic heterocycles. The van der Waals surface area contributed by atoms with E-state index in [9.17, 15) is 14.4 Å². The summed E-state index contributed by atoms with van der Waals surface area (Å²) >= 11 is 2.34. The average molecular weight is 406 g/mol. The van der Waals surface area contributed by atoms with E-state index in [1.807, 2.05) is 19.0 Å². The van der Waals surface area contributed by atoms with Crippen molar-refractivity contribution in [3.63, 3.8) is 0 Å². The minimum Gasteiger partial charge on any atom is -0.465 e.